The van der Waals surface area contributed by atoms with Gasteiger partial charge >= 0.3 is 0 Å². The first-order chi connectivity index (χ1) is 8.50. The summed E-state index contributed by atoms with van der Waals surface area (Å²) >= 11 is 0. The van der Waals surface area contributed by atoms with Gasteiger partial charge in [0.05, 0.1) is 4.90 Å². The van der Waals surface area contributed by atoms with Crippen molar-refractivity contribution in [3.8, 4) is 17.2 Å². The highest BCUT2D eigenvalue weighted by Gasteiger charge is 2.07. The molecule has 1 aromatic carbocycles. The molecule has 1 heterocycles. The summed E-state index contributed by atoms with van der Waals surface area (Å²) in [6.45, 7) is 0. The van der Waals surface area contributed by atoms with Gasteiger partial charge in [0.15, 0.2) is 9.84 Å². The standard InChI is InChI=1S/C13H10N2O2S/c1-18(16,17)13-4-2-10(3-5-13)11-6-7-15-12(8-11)9-14/h2-8H,1H3. The maximum Gasteiger partial charge on any atom is 0.175 e. The Morgan fingerprint density at radius 3 is 2.33 bits per heavy atom. The van der Waals surface area contributed by atoms with Crippen LogP contribution in [0.4, 0.5) is 0 Å². The number of aromatic nitrogens is 1. The summed E-state index contributed by atoms with van der Waals surface area (Å²) in [5, 5.41) is 8.77. The topological polar surface area (TPSA) is 70.8 Å². The molecule has 0 saturated carbocycles. The van der Waals surface area contributed by atoms with E-state index in [1.54, 1.807) is 42.6 Å². The summed E-state index contributed by atoms with van der Waals surface area (Å²) < 4.78 is 22.7. The van der Waals surface area contributed by atoms with E-state index in [2.05, 4.69) is 4.98 Å². The van der Waals surface area contributed by atoms with E-state index >= 15 is 0 Å². The van der Waals surface area contributed by atoms with Gasteiger partial charge in [-0.1, -0.05) is 12.1 Å². The van der Waals surface area contributed by atoms with Crippen molar-refractivity contribution >= 4 is 9.84 Å². The lowest BCUT2D eigenvalue weighted by Gasteiger charge is -2.03. The monoisotopic (exact) mass is 258 g/mol. The van der Waals surface area contributed by atoms with Crippen LogP contribution in [0, 0.1) is 11.3 Å². The number of benzene rings is 1. The Morgan fingerprint density at radius 1 is 1.11 bits per heavy atom. The first kappa shape index (κ1) is 12.3. The fraction of sp³-hybridized carbons (Fsp3) is 0.0769. The summed E-state index contributed by atoms with van der Waals surface area (Å²) in [4.78, 5) is 4.16. The Balaban J connectivity index is 2.44. The molecule has 0 fully saturated rings. The first-order valence-corrected chi connectivity index (χ1v) is 7.06. The van der Waals surface area contributed by atoms with Crippen LogP contribution in [0.1, 0.15) is 5.69 Å². The van der Waals surface area contributed by atoms with Crippen LogP contribution in [0.15, 0.2) is 47.5 Å². The lowest BCUT2D eigenvalue weighted by atomic mass is 10.1. The molecule has 5 heteroatoms. The Labute approximate surface area is 105 Å². The van der Waals surface area contributed by atoms with Gasteiger partial charge in [-0.15, -0.1) is 0 Å². The van der Waals surface area contributed by atoms with Crippen molar-refractivity contribution < 1.29 is 8.42 Å². The number of nitrogens with zero attached hydrogens (tertiary/aromatic N) is 2. The van der Waals surface area contributed by atoms with Gasteiger partial charge in [-0.2, -0.15) is 5.26 Å². The van der Waals surface area contributed by atoms with Crippen LogP contribution in [-0.4, -0.2) is 19.7 Å². The molecule has 0 N–H and O–H groups in total. The average molecular weight is 258 g/mol. The van der Waals surface area contributed by atoms with Gasteiger partial charge in [-0.25, -0.2) is 13.4 Å². The molecule has 4 nitrogen and oxygen atoms in total. The van der Waals surface area contributed by atoms with Crippen LogP contribution in [0.2, 0.25) is 0 Å². The molecule has 2 rings (SSSR count). The van der Waals surface area contributed by atoms with Crippen LogP contribution < -0.4 is 0 Å². The minimum absolute atomic E-state index is 0.279. The van der Waals surface area contributed by atoms with Crippen molar-refractivity contribution in [2.45, 2.75) is 4.90 Å². The predicted octanol–water partition coefficient (Wildman–Crippen LogP) is 2.02. The Kier molecular flexibility index (Phi) is 3.13. The van der Waals surface area contributed by atoms with Gasteiger partial charge in [0.1, 0.15) is 11.8 Å². The van der Waals surface area contributed by atoms with Crippen LogP contribution in [0.5, 0.6) is 0 Å². The molecule has 1 aromatic heterocycles. The third-order valence-corrected chi connectivity index (χ3v) is 3.62. The summed E-state index contributed by atoms with van der Waals surface area (Å²) in [6.07, 6.45) is 2.72. The van der Waals surface area contributed by atoms with E-state index in [-0.39, 0.29) is 4.90 Å². The number of rotatable bonds is 2. The molecule has 2 aromatic rings. The predicted molar refractivity (Wildman–Crippen MR) is 67.5 cm³/mol. The number of hydrogen-bond donors (Lipinski definition) is 0. The second-order valence-corrected chi connectivity index (χ2v) is 5.85. The molecule has 0 aliphatic rings. The molecule has 0 atom stereocenters. The van der Waals surface area contributed by atoms with E-state index in [9.17, 15) is 8.42 Å². The number of nitriles is 1. The molecule has 0 radical (unpaired) electrons. The molecular weight excluding hydrogens is 248 g/mol. The largest absolute Gasteiger partial charge is 0.246 e. The van der Waals surface area contributed by atoms with E-state index in [0.29, 0.717) is 5.69 Å². The maximum atomic E-state index is 11.3. The Bertz CT molecular complexity index is 713. The zero-order valence-corrected chi connectivity index (χ0v) is 10.5. The van der Waals surface area contributed by atoms with E-state index in [1.165, 1.54) is 6.26 Å². The molecule has 0 saturated heterocycles. The number of sulfone groups is 1. The molecule has 18 heavy (non-hydrogen) atoms. The van der Waals surface area contributed by atoms with Gasteiger partial charge < -0.3 is 0 Å². The third-order valence-electron chi connectivity index (χ3n) is 2.49. The van der Waals surface area contributed by atoms with Crippen LogP contribution in [0.3, 0.4) is 0 Å². The highest BCUT2D eigenvalue weighted by molar-refractivity contribution is 7.90. The fourth-order valence-corrected chi connectivity index (χ4v) is 2.20. The summed E-state index contributed by atoms with van der Waals surface area (Å²) in [5.41, 5.74) is 2.02. The molecule has 0 bridgehead atoms. The van der Waals surface area contributed by atoms with Crippen molar-refractivity contribution in [2.75, 3.05) is 6.26 Å². The van der Waals surface area contributed by atoms with Crippen molar-refractivity contribution in [3.05, 3.63) is 48.3 Å². The second kappa shape index (κ2) is 4.59. The quantitative estimate of drug-likeness (QED) is 0.826. The lowest BCUT2D eigenvalue weighted by molar-refractivity contribution is 0.602. The summed E-state index contributed by atoms with van der Waals surface area (Å²) in [5.74, 6) is 0. The van der Waals surface area contributed by atoms with Crippen LogP contribution in [-0.2, 0) is 9.84 Å². The van der Waals surface area contributed by atoms with Gasteiger partial charge in [-0.05, 0) is 35.4 Å². The van der Waals surface area contributed by atoms with Crippen molar-refractivity contribution in [2.24, 2.45) is 0 Å². The van der Waals surface area contributed by atoms with Crippen LogP contribution in [0.25, 0.3) is 11.1 Å². The summed E-state index contributed by atoms with van der Waals surface area (Å²) in [6, 6.07) is 11.9. The molecule has 0 unspecified atom stereocenters. The summed E-state index contributed by atoms with van der Waals surface area (Å²) in [7, 11) is -3.18. The zero-order valence-electron chi connectivity index (χ0n) is 9.66. The molecular formula is C13H10N2O2S. The smallest absolute Gasteiger partial charge is 0.175 e. The van der Waals surface area contributed by atoms with E-state index < -0.39 is 9.84 Å². The van der Waals surface area contributed by atoms with E-state index in [4.69, 9.17) is 5.26 Å². The van der Waals surface area contributed by atoms with Crippen LogP contribution >= 0.6 is 0 Å². The molecule has 0 spiro atoms. The number of pyridine rings is 1. The van der Waals surface area contributed by atoms with Gasteiger partial charge in [0.2, 0.25) is 0 Å². The van der Waals surface area contributed by atoms with Crippen molar-refractivity contribution in [1.29, 1.82) is 5.26 Å². The van der Waals surface area contributed by atoms with Crippen molar-refractivity contribution in [1.82, 2.24) is 4.98 Å². The lowest BCUT2D eigenvalue weighted by Crippen LogP contribution is -1.96. The van der Waals surface area contributed by atoms with Gasteiger partial charge in [0.25, 0.3) is 0 Å². The molecule has 90 valence electrons. The Hall–Kier alpha value is -2.19. The SMILES string of the molecule is CS(=O)(=O)c1ccc(-c2ccnc(C#N)c2)cc1. The van der Waals surface area contributed by atoms with Crippen molar-refractivity contribution in [3.63, 3.8) is 0 Å². The van der Waals surface area contributed by atoms with Gasteiger partial charge in [0, 0.05) is 12.5 Å². The highest BCUT2D eigenvalue weighted by Crippen LogP contribution is 2.21. The van der Waals surface area contributed by atoms with Gasteiger partial charge in [-0.3, -0.25) is 0 Å². The minimum Gasteiger partial charge on any atom is -0.246 e. The molecule has 0 amide bonds. The fourth-order valence-electron chi connectivity index (χ4n) is 1.57. The van der Waals surface area contributed by atoms with E-state index in [1.807, 2.05) is 6.07 Å². The molecule has 0 aliphatic carbocycles. The first-order valence-electron chi connectivity index (χ1n) is 5.17. The average Bonchev–Trinajstić information content (AvgIpc) is 2.38. The van der Waals surface area contributed by atoms with E-state index in [0.717, 1.165) is 11.1 Å². The number of hydrogen-bond acceptors (Lipinski definition) is 4. The molecule has 0 aliphatic heterocycles. The second-order valence-electron chi connectivity index (χ2n) is 3.84. The minimum atomic E-state index is -3.18. The maximum absolute atomic E-state index is 11.3. The Morgan fingerprint density at radius 2 is 1.78 bits per heavy atom. The highest BCUT2D eigenvalue weighted by atomic mass is 32.2. The normalized spacial score (nSPS) is 10.9. The zero-order chi connectivity index (χ0) is 13.2. The third kappa shape index (κ3) is 2.55.